The molecule has 2 heterocycles. The van der Waals surface area contributed by atoms with Crippen LogP contribution in [0.25, 0.3) is 0 Å². The minimum absolute atomic E-state index is 0.295. The summed E-state index contributed by atoms with van der Waals surface area (Å²) < 4.78 is 1.99. The molecule has 1 atom stereocenters. The van der Waals surface area contributed by atoms with Gasteiger partial charge in [0.15, 0.2) is 0 Å². The Balaban J connectivity index is 2.02. The zero-order valence-corrected chi connectivity index (χ0v) is 12.1. The van der Waals surface area contributed by atoms with E-state index in [1.165, 1.54) is 5.56 Å². The third-order valence-electron chi connectivity index (χ3n) is 3.39. The number of hydrogen-bond acceptors (Lipinski definition) is 3. The van der Waals surface area contributed by atoms with Crippen LogP contribution < -0.4 is 0 Å². The van der Waals surface area contributed by atoms with Crippen molar-refractivity contribution in [3.8, 4) is 0 Å². The average Bonchev–Trinajstić information content (AvgIpc) is 2.87. The lowest BCUT2D eigenvalue weighted by atomic mass is 10.2. The van der Waals surface area contributed by atoms with E-state index in [0.717, 1.165) is 12.2 Å². The molecule has 0 aliphatic carbocycles. The van der Waals surface area contributed by atoms with Crippen molar-refractivity contribution >= 4 is 0 Å². The molecule has 19 heavy (non-hydrogen) atoms. The van der Waals surface area contributed by atoms with E-state index in [4.69, 9.17) is 0 Å². The molecule has 4 nitrogen and oxygen atoms in total. The van der Waals surface area contributed by atoms with Gasteiger partial charge in [0.25, 0.3) is 0 Å². The van der Waals surface area contributed by atoms with Crippen LogP contribution in [-0.2, 0) is 6.54 Å². The predicted octanol–water partition coefficient (Wildman–Crippen LogP) is 3.05. The number of hydrogen-bond donors (Lipinski definition) is 0. The lowest BCUT2D eigenvalue weighted by molar-refractivity contribution is 0.248. The fourth-order valence-corrected chi connectivity index (χ4v) is 2.02. The number of aromatic nitrogens is 3. The molecule has 2 aromatic heterocycles. The van der Waals surface area contributed by atoms with Crippen LogP contribution in [0.5, 0.6) is 0 Å². The van der Waals surface area contributed by atoms with Crippen LogP contribution in [0.4, 0.5) is 0 Å². The fourth-order valence-electron chi connectivity index (χ4n) is 2.02. The lowest BCUT2D eigenvalue weighted by Crippen LogP contribution is -2.22. The van der Waals surface area contributed by atoms with Gasteiger partial charge in [-0.05, 0) is 40.0 Å². The monoisotopic (exact) mass is 258 g/mol. The molecule has 0 amide bonds. The van der Waals surface area contributed by atoms with Crippen molar-refractivity contribution in [3.63, 3.8) is 0 Å². The second-order valence-electron chi connectivity index (χ2n) is 5.27. The first-order valence-corrected chi connectivity index (χ1v) is 6.72. The van der Waals surface area contributed by atoms with Gasteiger partial charge in [-0.25, -0.2) is 0 Å². The van der Waals surface area contributed by atoms with Gasteiger partial charge in [0.05, 0.1) is 11.9 Å². The number of pyridine rings is 1. The molecule has 0 fully saturated rings. The van der Waals surface area contributed by atoms with Crippen molar-refractivity contribution in [2.75, 3.05) is 7.05 Å². The summed E-state index contributed by atoms with van der Waals surface area (Å²) in [5.41, 5.74) is 2.33. The Kier molecular flexibility index (Phi) is 4.32. The van der Waals surface area contributed by atoms with Crippen molar-refractivity contribution < 1.29 is 0 Å². The predicted molar refractivity (Wildman–Crippen MR) is 76.7 cm³/mol. The average molecular weight is 258 g/mol. The third kappa shape index (κ3) is 3.41. The van der Waals surface area contributed by atoms with Gasteiger partial charge in [-0.3, -0.25) is 14.6 Å². The van der Waals surface area contributed by atoms with E-state index in [-0.39, 0.29) is 0 Å². The van der Waals surface area contributed by atoms with Crippen molar-refractivity contribution in [1.29, 1.82) is 0 Å². The van der Waals surface area contributed by atoms with Crippen LogP contribution in [0, 0.1) is 0 Å². The van der Waals surface area contributed by atoms with Crippen LogP contribution in [0.3, 0.4) is 0 Å². The van der Waals surface area contributed by atoms with Gasteiger partial charge in [0.1, 0.15) is 0 Å². The molecule has 0 saturated heterocycles. The minimum Gasteiger partial charge on any atom is -0.294 e. The van der Waals surface area contributed by atoms with Gasteiger partial charge in [-0.2, -0.15) is 5.10 Å². The summed E-state index contributed by atoms with van der Waals surface area (Å²) in [5.74, 6) is 0. The Labute approximate surface area is 115 Å². The molecular formula is C15H22N4. The molecule has 0 saturated carbocycles. The maximum absolute atomic E-state index is 4.41. The molecule has 102 valence electrons. The highest BCUT2D eigenvalue weighted by molar-refractivity contribution is 5.10. The highest BCUT2D eigenvalue weighted by atomic mass is 15.3. The maximum Gasteiger partial charge on any atom is 0.0572 e. The standard InChI is InChI=1S/C15H22N4/c1-12(2)19-11-14(9-17-19)10-18(4)13(3)15-7-5-6-8-16-15/h5-9,11-13H,10H2,1-4H3/t13-/m0/s1. The number of nitrogens with zero attached hydrogens (tertiary/aromatic N) is 4. The number of rotatable bonds is 5. The Morgan fingerprint density at radius 3 is 2.63 bits per heavy atom. The Bertz CT molecular complexity index is 504. The highest BCUT2D eigenvalue weighted by Gasteiger charge is 2.13. The largest absolute Gasteiger partial charge is 0.294 e. The van der Waals surface area contributed by atoms with E-state index in [2.05, 4.69) is 55.1 Å². The fraction of sp³-hybridized carbons (Fsp3) is 0.467. The first kappa shape index (κ1) is 13.7. The SMILES string of the molecule is CC(C)n1cc(CN(C)[C@@H](C)c2ccccn2)cn1. The highest BCUT2D eigenvalue weighted by Crippen LogP contribution is 2.18. The second kappa shape index (κ2) is 5.97. The zero-order chi connectivity index (χ0) is 13.8. The summed E-state index contributed by atoms with van der Waals surface area (Å²) in [7, 11) is 2.12. The van der Waals surface area contributed by atoms with Crippen LogP contribution in [0.1, 0.15) is 44.1 Å². The Morgan fingerprint density at radius 2 is 2.05 bits per heavy atom. The van der Waals surface area contributed by atoms with Gasteiger partial charge in [0.2, 0.25) is 0 Å². The zero-order valence-electron chi connectivity index (χ0n) is 12.1. The molecule has 2 aromatic rings. The van der Waals surface area contributed by atoms with Gasteiger partial charge in [-0.15, -0.1) is 0 Å². The van der Waals surface area contributed by atoms with Crippen LogP contribution >= 0.6 is 0 Å². The van der Waals surface area contributed by atoms with E-state index in [0.29, 0.717) is 12.1 Å². The topological polar surface area (TPSA) is 34.0 Å². The molecule has 0 aromatic carbocycles. The first-order valence-electron chi connectivity index (χ1n) is 6.72. The lowest BCUT2D eigenvalue weighted by Gasteiger charge is -2.23. The quantitative estimate of drug-likeness (QED) is 0.826. The smallest absolute Gasteiger partial charge is 0.0572 e. The molecule has 2 rings (SSSR count). The van der Waals surface area contributed by atoms with Gasteiger partial charge >= 0.3 is 0 Å². The normalized spacial score (nSPS) is 13.2. The van der Waals surface area contributed by atoms with E-state index >= 15 is 0 Å². The molecule has 0 aliphatic rings. The Hall–Kier alpha value is -1.68. The van der Waals surface area contributed by atoms with Crippen LogP contribution in [-0.4, -0.2) is 26.7 Å². The second-order valence-corrected chi connectivity index (χ2v) is 5.27. The summed E-state index contributed by atoms with van der Waals surface area (Å²) in [6.07, 6.45) is 5.91. The summed E-state index contributed by atoms with van der Waals surface area (Å²) in [4.78, 5) is 6.69. The molecule has 4 heteroatoms. The molecule has 0 bridgehead atoms. The van der Waals surface area contributed by atoms with Crippen molar-refractivity contribution in [1.82, 2.24) is 19.7 Å². The van der Waals surface area contributed by atoms with Gasteiger partial charge < -0.3 is 0 Å². The van der Waals surface area contributed by atoms with Crippen molar-refractivity contribution in [2.45, 2.75) is 39.4 Å². The first-order chi connectivity index (χ1) is 9.08. The summed E-state index contributed by atoms with van der Waals surface area (Å²) in [5, 5.41) is 4.38. The summed E-state index contributed by atoms with van der Waals surface area (Å²) >= 11 is 0. The minimum atomic E-state index is 0.295. The van der Waals surface area contributed by atoms with E-state index in [1.807, 2.05) is 29.2 Å². The summed E-state index contributed by atoms with van der Waals surface area (Å²) in [6.45, 7) is 7.33. The Morgan fingerprint density at radius 1 is 1.26 bits per heavy atom. The maximum atomic E-state index is 4.41. The van der Waals surface area contributed by atoms with Crippen molar-refractivity contribution in [2.24, 2.45) is 0 Å². The van der Waals surface area contributed by atoms with Crippen molar-refractivity contribution in [3.05, 3.63) is 48.0 Å². The van der Waals surface area contributed by atoms with Gasteiger partial charge in [0, 0.05) is 36.6 Å². The molecule has 0 radical (unpaired) electrons. The summed E-state index contributed by atoms with van der Waals surface area (Å²) in [6, 6.07) is 6.75. The molecule has 0 N–H and O–H groups in total. The molecule has 0 unspecified atom stereocenters. The molecule has 0 spiro atoms. The third-order valence-corrected chi connectivity index (χ3v) is 3.39. The van der Waals surface area contributed by atoms with E-state index in [1.54, 1.807) is 0 Å². The molecule has 0 aliphatic heterocycles. The van der Waals surface area contributed by atoms with E-state index < -0.39 is 0 Å². The van der Waals surface area contributed by atoms with Crippen LogP contribution in [0.2, 0.25) is 0 Å². The van der Waals surface area contributed by atoms with Gasteiger partial charge in [-0.1, -0.05) is 6.07 Å². The van der Waals surface area contributed by atoms with E-state index in [9.17, 15) is 0 Å². The molecular weight excluding hydrogens is 236 g/mol. The van der Waals surface area contributed by atoms with Crippen LogP contribution in [0.15, 0.2) is 36.8 Å².